The van der Waals surface area contributed by atoms with Gasteiger partial charge in [0.1, 0.15) is 23.8 Å². The van der Waals surface area contributed by atoms with Gasteiger partial charge in [-0.05, 0) is 54.9 Å². The van der Waals surface area contributed by atoms with E-state index in [1.807, 2.05) is 41.5 Å². The third kappa shape index (κ3) is 3.57. The SMILES string of the molecule is CC1=CC(=O)[C@@H](O)[C@]2(C)C3[C@]45CO[C@]3(O)[C@H](O)[C@H](C)C4C(CC(=O)CC(O)(C(C)C)C(C)C)C(=O)C[C@@H]5C[C@@H]12. The van der Waals surface area contributed by atoms with E-state index >= 15 is 0 Å². The fourth-order valence-electron chi connectivity index (χ4n) is 10.3. The van der Waals surface area contributed by atoms with Crippen LogP contribution in [-0.4, -0.2) is 68.0 Å². The molecule has 2 bridgehead atoms. The summed E-state index contributed by atoms with van der Waals surface area (Å²) in [6.45, 7) is 13.1. The average Bonchev–Trinajstić information content (AvgIpc) is 3.13. The zero-order chi connectivity index (χ0) is 29.0. The van der Waals surface area contributed by atoms with Crippen molar-refractivity contribution in [1.29, 1.82) is 0 Å². The molecule has 0 aromatic heterocycles. The molecular weight excluding hydrogens is 500 g/mol. The maximum Gasteiger partial charge on any atom is 0.196 e. The molecule has 218 valence electrons. The van der Waals surface area contributed by atoms with Gasteiger partial charge in [0.25, 0.3) is 0 Å². The Morgan fingerprint density at radius 3 is 2.38 bits per heavy atom. The van der Waals surface area contributed by atoms with Crippen molar-refractivity contribution in [3.05, 3.63) is 11.6 Å². The molecule has 8 heteroatoms. The molecule has 8 nitrogen and oxygen atoms in total. The molecule has 11 atom stereocenters. The minimum Gasteiger partial charge on any atom is -0.389 e. The van der Waals surface area contributed by atoms with Gasteiger partial charge >= 0.3 is 0 Å². The van der Waals surface area contributed by atoms with Crippen LogP contribution in [0.2, 0.25) is 0 Å². The van der Waals surface area contributed by atoms with Crippen LogP contribution >= 0.6 is 0 Å². The number of ether oxygens (including phenoxy) is 1. The van der Waals surface area contributed by atoms with Gasteiger partial charge in [0, 0.05) is 41.9 Å². The summed E-state index contributed by atoms with van der Waals surface area (Å²) in [5, 5.41) is 46.3. The summed E-state index contributed by atoms with van der Waals surface area (Å²) in [4.78, 5) is 40.3. The Labute approximate surface area is 231 Å². The molecule has 1 spiro atoms. The number of carbonyl (C=O) groups excluding carboxylic acids is 3. The molecule has 4 aliphatic carbocycles. The third-order valence-corrected chi connectivity index (χ3v) is 12.3. The first-order valence-corrected chi connectivity index (χ1v) is 14.7. The molecule has 1 heterocycles. The summed E-state index contributed by atoms with van der Waals surface area (Å²) in [6.07, 6.45) is -0.609. The first-order valence-electron chi connectivity index (χ1n) is 14.7. The van der Waals surface area contributed by atoms with Crippen LogP contribution in [0.4, 0.5) is 0 Å². The second kappa shape index (κ2) is 9.02. The quantitative estimate of drug-likeness (QED) is 0.398. The predicted octanol–water partition coefficient (Wildman–Crippen LogP) is 2.45. The Morgan fingerprint density at radius 2 is 1.79 bits per heavy atom. The van der Waals surface area contributed by atoms with Gasteiger partial charge in [0.15, 0.2) is 11.6 Å². The summed E-state index contributed by atoms with van der Waals surface area (Å²) >= 11 is 0. The minimum absolute atomic E-state index is 0.0329. The molecule has 0 amide bonds. The van der Waals surface area contributed by atoms with Gasteiger partial charge in [-0.15, -0.1) is 0 Å². The Balaban J connectivity index is 1.60. The van der Waals surface area contributed by atoms with Crippen molar-refractivity contribution < 1.29 is 39.5 Å². The summed E-state index contributed by atoms with van der Waals surface area (Å²) in [5.41, 5.74) is -2.29. The van der Waals surface area contributed by atoms with Crippen LogP contribution < -0.4 is 0 Å². The highest BCUT2D eigenvalue weighted by Gasteiger charge is 2.81. The number of aliphatic hydroxyl groups excluding tert-OH is 2. The number of hydrogen-bond acceptors (Lipinski definition) is 8. The van der Waals surface area contributed by atoms with Crippen molar-refractivity contribution >= 4 is 17.3 Å². The largest absolute Gasteiger partial charge is 0.389 e. The molecule has 39 heavy (non-hydrogen) atoms. The molecule has 5 rings (SSSR count). The van der Waals surface area contributed by atoms with E-state index in [1.54, 1.807) is 6.92 Å². The number of aliphatic hydroxyl groups is 4. The first-order chi connectivity index (χ1) is 18.0. The number of hydrogen-bond donors (Lipinski definition) is 4. The molecule has 0 radical (unpaired) electrons. The lowest BCUT2D eigenvalue weighted by atomic mass is 9.34. The normalized spacial score (nSPS) is 47.3. The molecule has 1 aliphatic heterocycles. The van der Waals surface area contributed by atoms with Gasteiger partial charge in [0.05, 0.1) is 12.2 Å². The molecule has 3 saturated carbocycles. The average molecular weight is 547 g/mol. The number of allylic oxidation sites excluding steroid dienone is 1. The van der Waals surface area contributed by atoms with Crippen LogP contribution in [0.1, 0.15) is 74.1 Å². The van der Waals surface area contributed by atoms with Crippen molar-refractivity contribution in [1.82, 2.24) is 0 Å². The summed E-state index contributed by atoms with van der Waals surface area (Å²) in [5.74, 6) is -5.91. The molecule has 1 saturated heterocycles. The van der Waals surface area contributed by atoms with Crippen molar-refractivity contribution in [2.24, 2.45) is 58.2 Å². The van der Waals surface area contributed by atoms with E-state index in [4.69, 9.17) is 4.74 Å². The van der Waals surface area contributed by atoms with E-state index in [1.165, 1.54) is 6.08 Å². The molecule has 5 aliphatic rings. The minimum atomic E-state index is -1.98. The fraction of sp³-hybridized carbons (Fsp3) is 0.839. The summed E-state index contributed by atoms with van der Waals surface area (Å²) in [6, 6.07) is 0. The van der Waals surface area contributed by atoms with E-state index in [9.17, 15) is 34.8 Å². The molecule has 3 unspecified atom stereocenters. The zero-order valence-electron chi connectivity index (χ0n) is 24.3. The number of fused-ring (bicyclic) bond motifs is 1. The van der Waals surface area contributed by atoms with Crippen LogP contribution in [0.3, 0.4) is 0 Å². The number of rotatable bonds is 6. The highest BCUT2D eigenvalue weighted by atomic mass is 16.6. The number of carbonyl (C=O) groups is 3. The van der Waals surface area contributed by atoms with Crippen LogP contribution in [0.5, 0.6) is 0 Å². The highest BCUT2D eigenvalue weighted by Crippen LogP contribution is 2.76. The summed E-state index contributed by atoms with van der Waals surface area (Å²) < 4.78 is 6.11. The van der Waals surface area contributed by atoms with E-state index in [-0.39, 0.29) is 61.1 Å². The van der Waals surface area contributed by atoms with E-state index in [0.717, 1.165) is 5.57 Å². The number of ketones is 3. The van der Waals surface area contributed by atoms with Gasteiger partial charge < -0.3 is 25.2 Å². The monoisotopic (exact) mass is 546 g/mol. The first kappa shape index (κ1) is 29.1. The van der Waals surface area contributed by atoms with E-state index in [2.05, 4.69) is 0 Å². The van der Waals surface area contributed by atoms with Crippen molar-refractivity contribution in [2.75, 3.05) is 6.61 Å². The second-order valence-electron chi connectivity index (χ2n) is 14.5. The van der Waals surface area contributed by atoms with E-state index in [0.29, 0.717) is 6.42 Å². The zero-order valence-corrected chi connectivity index (χ0v) is 24.3. The lowest BCUT2D eigenvalue weighted by molar-refractivity contribution is -0.327. The van der Waals surface area contributed by atoms with Gasteiger partial charge in [-0.25, -0.2) is 0 Å². The standard InChI is InChI=1S/C31H46O8/c1-14(2)30(37,15(3)4)12-19(32)11-20-22(33)10-18-9-21-16(5)8-23(34)26(36)28(21,7)27-29(18)13-39-31(27,38)25(35)17(6)24(20)29/h8,14-15,17-18,20-21,24-27,35-38H,9-13H2,1-7H3/t17-,18+,20?,21+,24?,25-,26-,27?,28-,29+,31-/m1/s1. The fourth-order valence-corrected chi connectivity index (χ4v) is 10.3. The number of Topliss-reactive ketones (excluding diaryl/α,β-unsaturated/α-hetero) is 2. The smallest absolute Gasteiger partial charge is 0.196 e. The third-order valence-electron chi connectivity index (χ3n) is 12.3. The predicted molar refractivity (Wildman–Crippen MR) is 142 cm³/mol. The highest BCUT2D eigenvalue weighted by molar-refractivity contribution is 5.96. The Morgan fingerprint density at radius 1 is 1.18 bits per heavy atom. The lowest BCUT2D eigenvalue weighted by Gasteiger charge is -2.69. The van der Waals surface area contributed by atoms with Crippen LogP contribution in [0.25, 0.3) is 0 Å². The maximum absolute atomic E-state index is 13.8. The summed E-state index contributed by atoms with van der Waals surface area (Å²) in [7, 11) is 0. The molecule has 4 N–H and O–H groups in total. The Hall–Kier alpha value is -1.45. The van der Waals surface area contributed by atoms with E-state index < -0.39 is 63.9 Å². The van der Waals surface area contributed by atoms with Crippen molar-refractivity contribution in [2.45, 2.75) is 97.7 Å². The molecule has 0 aromatic carbocycles. The molecular formula is C31H46O8. The van der Waals surface area contributed by atoms with Gasteiger partial charge in [-0.1, -0.05) is 47.1 Å². The maximum atomic E-state index is 13.8. The Kier molecular flexibility index (Phi) is 6.72. The van der Waals surface area contributed by atoms with Crippen molar-refractivity contribution in [3.63, 3.8) is 0 Å². The van der Waals surface area contributed by atoms with Gasteiger partial charge in [-0.3, -0.25) is 14.4 Å². The van der Waals surface area contributed by atoms with Gasteiger partial charge in [0.2, 0.25) is 0 Å². The lowest BCUT2D eigenvalue weighted by Crippen LogP contribution is -2.75. The molecule has 4 fully saturated rings. The van der Waals surface area contributed by atoms with Crippen LogP contribution in [0, 0.1) is 58.2 Å². The topological polar surface area (TPSA) is 141 Å². The Bertz CT molecular complexity index is 1100. The van der Waals surface area contributed by atoms with Crippen LogP contribution in [-0.2, 0) is 19.1 Å². The second-order valence-corrected chi connectivity index (χ2v) is 14.5. The van der Waals surface area contributed by atoms with Gasteiger partial charge in [-0.2, -0.15) is 0 Å². The molecule has 0 aromatic rings. The van der Waals surface area contributed by atoms with Crippen molar-refractivity contribution in [3.8, 4) is 0 Å². The van der Waals surface area contributed by atoms with Crippen LogP contribution in [0.15, 0.2) is 11.6 Å².